The average molecular weight is 293 g/mol. The Labute approximate surface area is 127 Å². The van der Waals surface area contributed by atoms with Crippen LogP contribution >= 0.6 is 0 Å². The first kappa shape index (κ1) is 14.1. The van der Waals surface area contributed by atoms with E-state index in [2.05, 4.69) is 4.99 Å². The van der Waals surface area contributed by atoms with Gasteiger partial charge in [0.2, 0.25) is 0 Å². The maximum atomic E-state index is 12.1. The van der Waals surface area contributed by atoms with E-state index in [0.29, 0.717) is 16.7 Å². The standard InChI is InChI=1S/C18H15NO3/c1-11-7-9-13(10-8-11)19-12(2)16-17(20)14-5-3-4-6-15(14)22-18(16)21/h3-10,20H,1-2H3. The van der Waals surface area contributed by atoms with Gasteiger partial charge in [-0.2, -0.15) is 0 Å². The summed E-state index contributed by atoms with van der Waals surface area (Å²) in [5, 5.41) is 10.9. The number of nitrogens with zero attached hydrogens (tertiary/aromatic N) is 1. The molecule has 0 aliphatic rings. The molecule has 0 bridgehead atoms. The number of hydrogen-bond donors (Lipinski definition) is 1. The largest absolute Gasteiger partial charge is 0.506 e. The van der Waals surface area contributed by atoms with Gasteiger partial charge < -0.3 is 9.52 Å². The molecule has 1 N–H and O–H groups in total. The molecule has 0 spiro atoms. The maximum Gasteiger partial charge on any atom is 0.349 e. The molecule has 22 heavy (non-hydrogen) atoms. The highest BCUT2D eigenvalue weighted by molar-refractivity contribution is 6.05. The molecule has 4 heteroatoms. The van der Waals surface area contributed by atoms with Crippen molar-refractivity contribution in [2.75, 3.05) is 0 Å². The number of aliphatic imine (C=N–C) groups is 1. The van der Waals surface area contributed by atoms with Crippen molar-refractivity contribution in [3.8, 4) is 5.75 Å². The van der Waals surface area contributed by atoms with Crippen LogP contribution in [0, 0.1) is 6.92 Å². The summed E-state index contributed by atoms with van der Waals surface area (Å²) in [6.45, 7) is 3.67. The van der Waals surface area contributed by atoms with Crippen LogP contribution in [0.2, 0.25) is 0 Å². The van der Waals surface area contributed by atoms with Crippen LogP contribution in [0.25, 0.3) is 11.0 Å². The molecule has 0 fully saturated rings. The Kier molecular flexibility index (Phi) is 3.51. The predicted octanol–water partition coefficient (Wildman–Crippen LogP) is 3.95. The second kappa shape index (κ2) is 5.48. The van der Waals surface area contributed by atoms with Crippen molar-refractivity contribution in [2.45, 2.75) is 13.8 Å². The summed E-state index contributed by atoms with van der Waals surface area (Å²) < 4.78 is 5.26. The van der Waals surface area contributed by atoms with Gasteiger partial charge in [-0.3, -0.25) is 4.99 Å². The predicted molar refractivity (Wildman–Crippen MR) is 87.2 cm³/mol. The molecule has 1 heterocycles. The summed E-state index contributed by atoms with van der Waals surface area (Å²) in [4.78, 5) is 16.5. The normalized spacial score (nSPS) is 11.8. The fraction of sp³-hybridized carbons (Fsp3) is 0.111. The van der Waals surface area contributed by atoms with E-state index < -0.39 is 5.63 Å². The Balaban J connectivity index is 2.17. The molecule has 0 unspecified atom stereocenters. The first-order valence-corrected chi connectivity index (χ1v) is 6.93. The summed E-state index contributed by atoms with van der Waals surface area (Å²) in [6.07, 6.45) is 0. The minimum atomic E-state index is -0.593. The Morgan fingerprint density at radius 3 is 2.50 bits per heavy atom. The average Bonchev–Trinajstić information content (AvgIpc) is 2.49. The van der Waals surface area contributed by atoms with Crippen LogP contribution < -0.4 is 5.63 Å². The number of aromatic hydroxyl groups is 1. The van der Waals surface area contributed by atoms with Crippen LogP contribution in [-0.2, 0) is 0 Å². The zero-order valence-corrected chi connectivity index (χ0v) is 12.3. The summed E-state index contributed by atoms with van der Waals surface area (Å²) in [5.74, 6) is -0.0970. The second-order valence-corrected chi connectivity index (χ2v) is 5.14. The molecule has 0 radical (unpaired) electrons. The van der Waals surface area contributed by atoms with E-state index in [-0.39, 0.29) is 11.3 Å². The number of aryl methyl sites for hydroxylation is 1. The Morgan fingerprint density at radius 1 is 1.09 bits per heavy atom. The summed E-state index contributed by atoms with van der Waals surface area (Å²) in [5.41, 5.74) is 2.13. The number of rotatable bonds is 2. The molecule has 0 saturated heterocycles. The van der Waals surface area contributed by atoms with E-state index in [1.807, 2.05) is 31.2 Å². The van der Waals surface area contributed by atoms with E-state index in [1.165, 1.54) is 0 Å². The van der Waals surface area contributed by atoms with Crippen LogP contribution in [0.3, 0.4) is 0 Å². The summed E-state index contributed by atoms with van der Waals surface area (Å²) >= 11 is 0. The van der Waals surface area contributed by atoms with Gasteiger partial charge in [0.05, 0.1) is 16.8 Å². The highest BCUT2D eigenvalue weighted by Gasteiger charge is 2.16. The van der Waals surface area contributed by atoms with Gasteiger partial charge in [0.1, 0.15) is 16.9 Å². The lowest BCUT2D eigenvalue weighted by atomic mass is 10.1. The molecule has 4 nitrogen and oxygen atoms in total. The van der Waals surface area contributed by atoms with Gasteiger partial charge in [-0.15, -0.1) is 0 Å². The number of benzene rings is 2. The van der Waals surface area contributed by atoms with E-state index in [0.717, 1.165) is 11.3 Å². The van der Waals surface area contributed by atoms with Crippen LogP contribution in [-0.4, -0.2) is 10.8 Å². The van der Waals surface area contributed by atoms with Crippen molar-refractivity contribution in [1.82, 2.24) is 0 Å². The third-order valence-corrected chi connectivity index (χ3v) is 3.48. The minimum absolute atomic E-state index is 0.0966. The molecule has 3 aromatic rings. The molecule has 0 saturated carbocycles. The van der Waals surface area contributed by atoms with E-state index in [4.69, 9.17) is 4.42 Å². The van der Waals surface area contributed by atoms with E-state index >= 15 is 0 Å². The van der Waals surface area contributed by atoms with Gasteiger partial charge in [-0.25, -0.2) is 4.79 Å². The zero-order chi connectivity index (χ0) is 15.7. The van der Waals surface area contributed by atoms with E-state index in [9.17, 15) is 9.90 Å². The second-order valence-electron chi connectivity index (χ2n) is 5.14. The van der Waals surface area contributed by atoms with Crippen molar-refractivity contribution in [3.05, 3.63) is 70.1 Å². The van der Waals surface area contributed by atoms with Crippen molar-refractivity contribution in [3.63, 3.8) is 0 Å². The molecule has 110 valence electrons. The highest BCUT2D eigenvalue weighted by atomic mass is 16.4. The lowest BCUT2D eigenvalue weighted by Crippen LogP contribution is -2.12. The third-order valence-electron chi connectivity index (χ3n) is 3.48. The quantitative estimate of drug-likeness (QED) is 0.575. The molecule has 2 aromatic carbocycles. The number of hydrogen-bond acceptors (Lipinski definition) is 4. The zero-order valence-electron chi connectivity index (χ0n) is 12.3. The highest BCUT2D eigenvalue weighted by Crippen LogP contribution is 2.27. The molecule has 0 aliphatic carbocycles. The molecule has 0 aliphatic heterocycles. The smallest absolute Gasteiger partial charge is 0.349 e. The first-order chi connectivity index (χ1) is 10.6. The Morgan fingerprint density at radius 2 is 1.77 bits per heavy atom. The molecular weight excluding hydrogens is 278 g/mol. The fourth-order valence-corrected chi connectivity index (χ4v) is 2.32. The molecule has 0 amide bonds. The van der Waals surface area contributed by atoms with Crippen LogP contribution in [0.4, 0.5) is 5.69 Å². The molecular formula is C18H15NO3. The molecule has 1 aromatic heterocycles. The van der Waals surface area contributed by atoms with Crippen LogP contribution in [0.1, 0.15) is 18.1 Å². The maximum absolute atomic E-state index is 12.1. The Hall–Kier alpha value is -2.88. The monoisotopic (exact) mass is 293 g/mol. The summed E-state index contributed by atoms with van der Waals surface area (Å²) in [6, 6.07) is 14.5. The lowest BCUT2D eigenvalue weighted by molar-refractivity contribution is 0.466. The van der Waals surface area contributed by atoms with Crippen molar-refractivity contribution >= 4 is 22.4 Å². The van der Waals surface area contributed by atoms with E-state index in [1.54, 1.807) is 31.2 Å². The SMILES string of the molecule is CC(=Nc1ccc(C)cc1)c1c(O)c2ccccc2oc1=O. The van der Waals surface area contributed by atoms with Crippen molar-refractivity contribution in [1.29, 1.82) is 0 Å². The third kappa shape index (κ3) is 2.51. The van der Waals surface area contributed by atoms with Crippen LogP contribution in [0.15, 0.2) is 62.7 Å². The Bertz CT molecular complexity index is 921. The van der Waals surface area contributed by atoms with Gasteiger partial charge in [0.25, 0.3) is 0 Å². The number of para-hydroxylation sites is 1. The van der Waals surface area contributed by atoms with Gasteiger partial charge in [-0.1, -0.05) is 29.8 Å². The molecule has 0 atom stereocenters. The summed E-state index contributed by atoms with van der Waals surface area (Å²) in [7, 11) is 0. The van der Waals surface area contributed by atoms with Gasteiger partial charge in [0.15, 0.2) is 0 Å². The van der Waals surface area contributed by atoms with Crippen LogP contribution in [0.5, 0.6) is 5.75 Å². The van der Waals surface area contributed by atoms with Gasteiger partial charge in [0, 0.05) is 0 Å². The fourth-order valence-electron chi connectivity index (χ4n) is 2.32. The molecule has 3 rings (SSSR count). The first-order valence-electron chi connectivity index (χ1n) is 6.93. The lowest BCUT2D eigenvalue weighted by Gasteiger charge is -2.06. The number of fused-ring (bicyclic) bond motifs is 1. The van der Waals surface area contributed by atoms with Crippen molar-refractivity contribution < 1.29 is 9.52 Å². The van der Waals surface area contributed by atoms with Gasteiger partial charge >= 0.3 is 5.63 Å². The van der Waals surface area contributed by atoms with Gasteiger partial charge in [-0.05, 0) is 38.1 Å². The topological polar surface area (TPSA) is 62.8 Å². The van der Waals surface area contributed by atoms with Crippen molar-refractivity contribution in [2.24, 2.45) is 4.99 Å². The minimum Gasteiger partial charge on any atom is -0.506 e.